The molecule has 9 nitrogen and oxygen atoms in total. The van der Waals surface area contributed by atoms with Gasteiger partial charge in [0.1, 0.15) is 36.1 Å². The fourth-order valence-corrected chi connectivity index (χ4v) is 5.24. The third-order valence-corrected chi connectivity index (χ3v) is 7.28. The normalized spacial score (nSPS) is 18.2. The van der Waals surface area contributed by atoms with Gasteiger partial charge in [0.2, 0.25) is 0 Å². The highest BCUT2D eigenvalue weighted by molar-refractivity contribution is 5.63. The average Bonchev–Trinajstić information content (AvgIpc) is 3.38. The molecule has 2 N–H and O–H groups in total. The third kappa shape index (κ3) is 4.93. The van der Waals surface area contributed by atoms with Crippen LogP contribution in [0, 0.1) is 5.82 Å². The van der Waals surface area contributed by atoms with Crippen molar-refractivity contribution in [3.05, 3.63) is 66.6 Å². The lowest BCUT2D eigenvalue weighted by molar-refractivity contribution is 0.0625. The Morgan fingerprint density at radius 1 is 1.03 bits per heavy atom. The van der Waals surface area contributed by atoms with E-state index in [1.54, 1.807) is 12.1 Å². The van der Waals surface area contributed by atoms with Crippen molar-refractivity contribution in [1.29, 1.82) is 0 Å². The van der Waals surface area contributed by atoms with Gasteiger partial charge in [-0.1, -0.05) is 12.1 Å². The van der Waals surface area contributed by atoms with Crippen molar-refractivity contribution in [3.63, 3.8) is 0 Å². The van der Waals surface area contributed by atoms with Crippen molar-refractivity contribution in [2.45, 2.75) is 0 Å². The average molecular weight is 504 g/mol. The molecule has 192 valence electrons. The zero-order valence-corrected chi connectivity index (χ0v) is 20.8. The Kier molecular flexibility index (Phi) is 6.79. The molecule has 10 heteroatoms. The number of quaternary nitrogens is 1. The maximum Gasteiger partial charge on any atom is 0.250 e. The highest BCUT2D eigenvalue weighted by atomic mass is 19.1. The number of rotatable bonds is 7. The Morgan fingerprint density at radius 3 is 2.70 bits per heavy atom. The highest BCUT2D eigenvalue weighted by Gasteiger charge is 2.38. The molecule has 0 atom stereocenters. The first kappa shape index (κ1) is 23.9. The standard InChI is InChI=1S/C27H32FN8O/c28-21-3-1-4-22(19-21)36(15-17-37-18-16-36)27-8-7-26-31-20-24(35(26)33-27)23-5-2-6-25(32-23)30-11-14-34-12-9-29-10-13-34/h1-8,19-20,29H,9-18H2,(H,30,32)/q+1. The molecule has 2 aliphatic rings. The van der Waals surface area contributed by atoms with E-state index < -0.39 is 0 Å². The molecule has 6 rings (SSSR count). The van der Waals surface area contributed by atoms with Crippen LogP contribution in [0.15, 0.2) is 60.8 Å². The lowest BCUT2D eigenvalue weighted by Crippen LogP contribution is -2.53. The van der Waals surface area contributed by atoms with Crippen LogP contribution in [-0.2, 0) is 4.74 Å². The van der Waals surface area contributed by atoms with Gasteiger partial charge < -0.3 is 15.4 Å². The Hall–Kier alpha value is -3.44. The molecule has 0 amide bonds. The van der Waals surface area contributed by atoms with Gasteiger partial charge in [-0.05, 0) is 30.3 Å². The number of benzene rings is 1. The van der Waals surface area contributed by atoms with Gasteiger partial charge in [-0.2, -0.15) is 0 Å². The lowest BCUT2D eigenvalue weighted by Gasteiger charge is -2.39. The van der Waals surface area contributed by atoms with Gasteiger partial charge in [0, 0.05) is 51.4 Å². The molecule has 0 aliphatic carbocycles. The molecule has 0 spiro atoms. The van der Waals surface area contributed by atoms with Crippen molar-refractivity contribution < 1.29 is 9.13 Å². The predicted octanol–water partition coefficient (Wildman–Crippen LogP) is 2.92. The highest BCUT2D eigenvalue weighted by Crippen LogP contribution is 2.35. The first-order chi connectivity index (χ1) is 18.2. The first-order valence-corrected chi connectivity index (χ1v) is 12.9. The second-order valence-electron chi connectivity index (χ2n) is 9.54. The monoisotopic (exact) mass is 503 g/mol. The van der Waals surface area contributed by atoms with Crippen molar-refractivity contribution in [3.8, 4) is 11.4 Å². The Labute approximate surface area is 215 Å². The maximum atomic E-state index is 14.2. The first-order valence-electron chi connectivity index (χ1n) is 12.9. The van der Waals surface area contributed by atoms with Crippen LogP contribution in [-0.4, -0.2) is 90.1 Å². The van der Waals surface area contributed by atoms with E-state index in [0.717, 1.165) is 73.6 Å². The van der Waals surface area contributed by atoms with Crippen LogP contribution in [0.5, 0.6) is 0 Å². The fourth-order valence-electron chi connectivity index (χ4n) is 5.24. The summed E-state index contributed by atoms with van der Waals surface area (Å²) in [4.78, 5) is 11.9. The second kappa shape index (κ2) is 10.5. The van der Waals surface area contributed by atoms with Crippen molar-refractivity contribution in [2.24, 2.45) is 0 Å². The smallest absolute Gasteiger partial charge is 0.250 e. The van der Waals surface area contributed by atoms with E-state index in [1.165, 1.54) is 6.07 Å². The number of nitrogens with one attached hydrogen (secondary N) is 2. The molecule has 2 aliphatic heterocycles. The molecule has 0 saturated carbocycles. The molecule has 2 fully saturated rings. The molecular weight excluding hydrogens is 471 g/mol. The van der Waals surface area contributed by atoms with E-state index in [2.05, 4.69) is 20.5 Å². The van der Waals surface area contributed by atoms with Crippen molar-refractivity contribution >= 4 is 23.0 Å². The number of fused-ring (bicyclic) bond motifs is 1. The summed E-state index contributed by atoms with van der Waals surface area (Å²) in [6.07, 6.45) is 1.81. The van der Waals surface area contributed by atoms with Gasteiger partial charge in [0.15, 0.2) is 5.65 Å². The zero-order valence-electron chi connectivity index (χ0n) is 20.8. The SMILES string of the molecule is Fc1cccc([N+]2(c3ccc4ncc(-c5cccc(NCCN6CCNCC6)n5)n4n3)CCOCC2)c1. The van der Waals surface area contributed by atoms with Crippen LogP contribution >= 0.6 is 0 Å². The van der Waals surface area contributed by atoms with E-state index in [0.29, 0.717) is 30.8 Å². The van der Waals surface area contributed by atoms with E-state index >= 15 is 0 Å². The van der Waals surface area contributed by atoms with E-state index in [1.807, 2.05) is 47.1 Å². The molecule has 3 aromatic heterocycles. The minimum atomic E-state index is -0.253. The third-order valence-electron chi connectivity index (χ3n) is 7.28. The summed E-state index contributed by atoms with van der Waals surface area (Å²) < 4.78 is 22.2. The summed E-state index contributed by atoms with van der Waals surface area (Å²) in [6.45, 7) is 8.57. The topological polar surface area (TPSA) is 79.6 Å². The van der Waals surface area contributed by atoms with Crippen LogP contribution < -0.4 is 15.1 Å². The quantitative estimate of drug-likeness (QED) is 0.376. The Bertz CT molecular complexity index is 1360. The van der Waals surface area contributed by atoms with Crippen LogP contribution in [0.25, 0.3) is 17.0 Å². The van der Waals surface area contributed by atoms with Gasteiger partial charge in [0.25, 0.3) is 5.82 Å². The molecular formula is C27H32FN8O+. The number of halogens is 1. The molecule has 1 aromatic carbocycles. The molecule has 5 heterocycles. The number of anilines is 1. The van der Waals surface area contributed by atoms with Gasteiger partial charge in [0.05, 0.1) is 25.1 Å². The predicted molar refractivity (Wildman–Crippen MR) is 142 cm³/mol. The van der Waals surface area contributed by atoms with Crippen LogP contribution in [0.4, 0.5) is 21.7 Å². The van der Waals surface area contributed by atoms with E-state index in [-0.39, 0.29) is 5.82 Å². The molecule has 4 aromatic rings. The Morgan fingerprint density at radius 2 is 1.86 bits per heavy atom. The van der Waals surface area contributed by atoms with Gasteiger partial charge >= 0.3 is 0 Å². The summed E-state index contributed by atoms with van der Waals surface area (Å²) in [5, 5.41) is 11.9. The number of imidazole rings is 1. The Balaban J connectivity index is 1.30. The fraction of sp³-hybridized carbons (Fsp3) is 0.370. The number of hydrogen-bond acceptors (Lipinski definition) is 7. The van der Waals surface area contributed by atoms with Crippen LogP contribution in [0.1, 0.15) is 0 Å². The summed E-state index contributed by atoms with van der Waals surface area (Å²) in [5.41, 5.74) is 3.21. The molecule has 0 bridgehead atoms. The minimum Gasteiger partial charge on any atom is -0.370 e. The minimum absolute atomic E-state index is 0.253. The lowest BCUT2D eigenvalue weighted by atomic mass is 10.2. The summed E-state index contributed by atoms with van der Waals surface area (Å²) in [6, 6.07) is 16.7. The summed E-state index contributed by atoms with van der Waals surface area (Å²) >= 11 is 0. The molecule has 2 saturated heterocycles. The van der Waals surface area contributed by atoms with Crippen LogP contribution in [0.3, 0.4) is 0 Å². The summed E-state index contributed by atoms with van der Waals surface area (Å²) in [5.74, 6) is 1.40. The number of ether oxygens (including phenoxy) is 1. The van der Waals surface area contributed by atoms with E-state index in [9.17, 15) is 4.39 Å². The number of hydrogen-bond donors (Lipinski definition) is 2. The zero-order chi connectivity index (χ0) is 25.1. The van der Waals surface area contributed by atoms with E-state index in [4.69, 9.17) is 14.8 Å². The van der Waals surface area contributed by atoms with Crippen LogP contribution in [0.2, 0.25) is 0 Å². The van der Waals surface area contributed by atoms with Gasteiger partial charge in [-0.15, -0.1) is 5.10 Å². The largest absolute Gasteiger partial charge is 0.370 e. The maximum absolute atomic E-state index is 14.2. The molecule has 37 heavy (non-hydrogen) atoms. The van der Waals surface area contributed by atoms with Gasteiger partial charge in [-0.3, -0.25) is 4.90 Å². The number of aromatic nitrogens is 4. The van der Waals surface area contributed by atoms with Crippen molar-refractivity contribution in [2.75, 3.05) is 70.9 Å². The van der Waals surface area contributed by atoms with Crippen molar-refractivity contribution in [1.82, 2.24) is 34.3 Å². The molecule has 0 radical (unpaired) electrons. The van der Waals surface area contributed by atoms with Gasteiger partial charge in [-0.25, -0.2) is 23.4 Å². The number of pyridine rings is 1. The second-order valence-corrected chi connectivity index (χ2v) is 9.54. The number of piperazine rings is 1. The number of nitrogens with zero attached hydrogens (tertiary/aromatic N) is 6. The molecule has 0 unspecified atom stereocenters. The summed E-state index contributed by atoms with van der Waals surface area (Å²) in [7, 11) is 0. The number of morpholine rings is 1.